The fraction of sp³-hybridized carbons (Fsp3) is 0.474. The Bertz CT molecular complexity index is 509. The summed E-state index contributed by atoms with van der Waals surface area (Å²) < 4.78 is 0. The predicted molar refractivity (Wildman–Crippen MR) is 103 cm³/mol. The molecule has 1 aromatic rings. The van der Waals surface area contributed by atoms with E-state index in [-0.39, 0.29) is 9.52 Å². The third-order valence-corrected chi connectivity index (χ3v) is 8.27. The highest BCUT2D eigenvalue weighted by atomic mass is 28.3. The summed E-state index contributed by atoms with van der Waals surface area (Å²) in [4.78, 5) is 0. The highest BCUT2D eigenvalue weighted by molar-refractivity contribution is 6.96. The lowest BCUT2D eigenvalue weighted by atomic mass is 10.2. The molecule has 1 rings (SSSR count). The van der Waals surface area contributed by atoms with Crippen LogP contribution in [0.2, 0.25) is 13.1 Å². The summed E-state index contributed by atoms with van der Waals surface area (Å²) in [6.07, 6.45) is 4.90. The minimum absolute atomic E-state index is 0.227. The molecule has 0 aliphatic heterocycles. The number of unbranched alkanes of at least 4 members (excludes halogenated alkanes) is 3. The van der Waals surface area contributed by atoms with Crippen LogP contribution in [-0.2, 0) is 0 Å². The van der Waals surface area contributed by atoms with E-state index in [0.717, 1.165) is 6.42 Å². The number of benzene rings is 1. The normalized spacial score (nSPS) is 11.3. The van der Waals surface area contributed by atoms with Crippen molar-refractivity contribution in [2.24, 2.45) is 0 Å². The van der Waals surface area contributed by atoms with Crippen molar-refractivity contribution < 1.29 is 0 Å². The molecular weight excluding hydrogens is 284 g/mol. The van der Waals surface area contributed by atoms with Crippen molar-refractivity contribution in [3.8, 4) is 11.5 Å². The van der Waals surface area contributed by atoms with E-state index in [1.54, 1.807) is 0 Å². The Kier molecular flexibility index (Phi) is 7.78. The molecule has 0 aliphatic rings. The van der Waals surface area contributed by atoms with E-state index in [0.29, 0.717) is 0 Å². The second kappa shape index (κ2) is 9.07. The maximum Gasteiger partial charge on any atom is 0.162 e. The Balaban J connectivity index is 2.68. The lowest BCUT2D eigenvalue weighted by Gasteiger charge is -2.15. The largest absolute Gasteiger partial charge is 0.162 e. The van der Waals surface area contributed by atoms with Crippen LogP contribution in [0.15, 0.2) is 35.5 Å². The van der Waals surface area contributed by atoms with E-state index in [1.165, 1.54) is 35.2 Å². The van der Waals surface area contributed by atoms with Crippen LogP contribution in [0.1, 0.15) is 46.5 Å². The van der Waals surface area contributed by atoms with Crippen molar-refractivity contribution in [2.75, 3.05) is 0 Å². The maximum atomic E-state index is 3.59. The van der Waals surface area contributed by atoms with Crippen LogP contribution in [0.4, 0.5) is 0 Å². The van der Waals surface area contributed by atoms with Crippen LogP contribution in [-0.4, -0.2) is 17.6 Å². The summed E-state index contributed by atoms with van der Waals surface area (Å²) in [6, 6.07) is 9.31. The standard InChI is InChI=1S/C19H30Si2/c1-6-7-8-9-10-15-21(4,5)19-13-11-18(12-14-19)20-16-17(2)3/h11-14,16H,6-9,20H2,1-5H3. The molecule has 0 bridgehead atoms. The summed E-state index contributed by atoms with van der Waals surface area (Å²) in [5, 5.41) is 3.00. The van der Waals surface area contributed by atoms with Gasteiger partial charge in [-0.25, -0.2) is 0 Å². The van der Waals surface area contributed by atoms with Crippen molar-refractivity contribution in [1.29, 1.82) is 0 Å². The summed E-state index contributed by atoms with van der Waals surface area (Å²) >= 11 is 0. The molecular formula is C19H30Si2. The summed E-state index contributed by atoms with van der Waals surface area (Å²) in [6.45, 7) is 11.3. The van der Waals surface area contributed by atoms with E-state index in [2.05, 4.69) is 75.3 Å². The van der Waals surface area contributed by atoms with Crippen molar-refractivity contribution in [2.45, 2.75) is 59.5 Å². The zero-order chi connectivity index (χ0) is 15.7. The first kappa shape index (κ1) is 18.0. The fourth-order valence-electron chi connectivity index (χ4n) is 2.20. The molecule has 0 N–H and O–H groups in total. The number of hydrogen-bond donors (Lipinski definition) is 0. The molecule has 0 amide bonds. The molecule has 21 heavy (non-hydrogen) atoms. The molecule has 0 aliphatic carbocycles. The van der Waals surface area contributed by atoms with E-state index < -0.39 is 8.07 Å². The Hall–Kier alpha value is -1.05. The van der Waals surface area contributed by atoms with Gasteiger partial charge in [-0.2, -0.15) is 0 Å². The zero-order valence-electron chi connectivity index (χ0n) is 14.4. The van der Waals surface area contributed by atoms with Crippen molar-refractivity contribution >= 4 is 28.0 Å². The number of rotatable bonds is 6. The van der Waals surface area contributed by atoms with E-state index >= 15 is 0 Å². The monoisotopic (exact) mass is 314 g/mol. The summed E-state index contributed by atoms with van der Waals surface area (Å²) in [7, 11) is -1.80. The van der Waals surface area contributed by atoms with Gasteiger partial charge in [-0.3, -0.25) is 0 Å². The van der Waals surface area contributed by atoms with Crippen molar-refractivity contribution in [3.05, 3.63) is 35.5 Å². The molecule has 0 unspecified atom stereocenters. The molecule has 0 heterocycles. The van der Waals surface area contributed by atoms with E-state index in [4.69, 9.17) is 0 Å². The Morgan fingerprint density at radius 2 is 1.81 bits per heavy atom. The molecule has 1 aromatic carbocycles. The third kappa shape index (κ3) is 6.97. The molecule has 2 heteroatoms. The average molecular weight is 315 g/mol. The van der Waals surface area contributed by atoms with Crippen LogP contribution in [0, 0.1) is 11.5 Å². The number of allylic oxidation sites excluding steroid dienone is 1. The van der Waals surface area contributed by atoms with Gasteiger partial charge in [0.1, 0.15) is 0 Å². The Labute approximate surface area is 134 Å². The predicted octanol–water partition coefficient (Wildman–Crippen LogP) is 3.44. The second-order valence-corrected chi connectivity index (χ2v) is 12.3. The van der Waals surface area contributed by atoms with Gasteiger partial charge in [-0.1, -0.05) is 73.6 Å². The molecule has 114 valence electrons. The molecule has 0 spiro atoms. The fourth-order valence-corrected chi connectivity index (χ4v) is 5.06. The maximum absolute atomic E-state index is 3.59. The van der Waals surface area contributed by atoms with Crippen LogP contribution >= 0.6 is 0 Å². The third-order valence-electron chi connectivity index (χ3n) is 3.73. The van der Waals surface area contributed by atoms with Crippen molar-refractivity contribution in [1.82, 2.24) is 0 Å². The highest BCUT2D eigenvalue weighted by Gasteiger charge is 2.20. The first-order valence-corrected chi connectivity index (χ1v) is 12.7. The van der Waals surface area contributed by atoms with Gasteiger partial charge in [-0.05, 0) is 25.5 Å². The molecule has 0 fully saturated rings. The van der Waals surface area contributed by atoms with E-state index in [1.807, 2.05) is 0 Å². The van der Waals surface area contributed by atoms with Gasteiger partial charge >= 0.3 is 0 Å². The topological polar surface area (TPSA) is 0 Å². The van der Waals surface area contributed by atoms with Crippen LogP contribution < -0.4 is 10.4 Å². The van der Waals surface area contributed by atoms with Gasteiger partial charge in [0.05, 0.1) is 9.52 Å². The molecule has 0 radical (unpaired) electrons. The quantitative estimate of drug-likeness (QED) is 0.429. The number of hydrogen-bond acceptors (Lipinski definition) is 0. The smallest absolute Gasteiger partial charge is 0.126 e. The van der Waals surface area contributed by atoms with Crippen LogP contribution in [0.3, 0.4) is 0 Å². The molecule has 0 saturated carbocycles. The first-order valence-electron chi connectivity index (χ1n) is 8.18. The van der Waals surface area contributed by atoms with Gasteiger partial charge < -0.3 is 0 Å². The first-order chi connectivity index (χ1) is 9.95. The van der Waals surface area contributed by atoms with Crippen LogP contribution in [0.25, 0.3) is 0 Å². The van der Waals surface area contributed by atoms with Gasteiger partial charge in [0.25, 0.3) is 0 Å². The molecule has 0 atom stereocenters. The van der Waals surface area contributed by atoms with Crippen LogP contribution in [0.5, 0.6) is 0 Å². The lowest BCUT2D eigenvalue weighted by Crippen LogP contribution is -2.40. The van der Waals surface area contributed by atoms with Gasteiger partial charge in [0.2, 0.25) is 0 Å². The Morgan fingerprint density at radius 1 is 1.14 bits per heavy atom. The summed E-state index contributed by atoms with van der Waals surface area (Å²) in [5.74, 6) is 3.42. The summed E-state index contributed by atoms with van der Waals surface area (Å²) in [5.41, 5.74) is 7.46. The van der Waals surface area contributed by atoms with Crippen molar-refractivity contribution in [3.63, 3.8) is 0 Å². The molecule has 0 nitrogen and oxygen atoms in total. The molecule has 0 aromatic heterocycles. The minimum atomic E-state index is -1.57. The Morgan fingerprint density at radius 3 is 2.38 bits per heavy atom. The molecule has 0 saturated heterocycles. The van der Waals surface area contributed by atoms with Gasteiger partial charge in [0, 0.05) is 6.42 Å². The second-order valence-electron chi connectivity index (χ2n) is 6.57. The lowest BCUT2D eigenvalue weighted by molar-refractivity contribution is 0.737. The average Bonchev–Trinajstić information content (AvgIpc) is 2.45. The van der Waals surface area contributed by atoms with E-state index in [9.17, 15) is 0 Å². The minimum Gasteiger partial charge on any atom is -0.126 e. The highest BCUT2D eigenvalue weighted by Crippen LogP contribution is 2.03. The zero-order valence-corrected chi connectivity index (χ0v) is 16.8. The van der Waals surface area contributed by atoms with Gasteiger partial charge in [-0.15, -0.1) is 11.5 Å². The SMILES string of the molecule is CCCCCC#C[Si](C)(C)c1ccc([SiH2]C=C(C)C)cc1. The van der Waals surface area contributed by atoms with Gasteiger partial charge in [0.15, 0.2) is 8.07 Å².